The Labute approximate surface area is 296 Å². The van der Waals surface area contributed by atoms with Gasteiger partial charge in [-0.3, -0.25) is 14.6 Å². The number of aliphatic hydroxyl groups excluding tert-OH is 1. The van der Waals surface area contributed by atoms with Gasteiger partial charge in [0.25, 0.3) is 5.91 Å². The second kappa shape index (κ2) is 14.2. The predicted octanol–water partition coefficient (Wildman–Crippen LogP) is 5.35. The van der Waals surface area contributed by atoms with Crippen LogP contribution in [0.4, 0.5) is 11.4 Å². The number of fused-ring (bicyclic) bond motifs is 1. The maximum atomic E-state index is 13.2. The first kappa shape index (κ1) is 33.0. The summed E-state index contributed by atoms with van der Waals surface area (Å²) in [4.78, 5) is 39.7. The molecule has 3 N–H and O–H groups in total. The number of carbonyl (C=O) groups excluding carboxylic acids is 2. The highest BCUT2D eigenvalue weighted by atomic mass is 16.7. The molecule has 3 aliphatic rings. The number of hydrogen-bond donors (Lipinski definition) is 3. The van der Waals surface area contributed by atoms with Crippen molar-refractivity contribution in [3.63, 3.8) is 0 Å². The van der Waals surface area contributed by atoms with Crippen molar-refractivity contribution >= 4 is 34.2 Å². The third-order valence-corrected chi connectivity index (χ3v) is 10.3. The number of piperidine rings is 1. The molecule has 0 saturated carbocycles. The Morgan fingerprint density at radius 1 is 0.882 bits per heavy atom. The monoisotopic (exact) mass is 684 g/mol. The number of nitrogens with zero attached hydrogens (tertiary/aromatic N) is 4. The van der Waals surface area contributed by atoms with Gasteiger partial charge in [-0.2, -0.15) is 0 Å². The van der Waals surface area contributed by atoms with E-state index in [1.807, 2.05) is 91.0 Å². The predicted molar refractivity (Wildman–Crippen MR) is 193 cm³/mol. The van der Waals surface area contributed by atoms with E-state index >= 15 is 0 Å². The number of para-hydroxylation sites is 3. The molecule has 4 heterocycles. The van der Waals surface area contributed by atoms with Gasteiger partial charge in [0.05, 0.1) is 42.7 Å². The van der Waals surface area contributed by atoms with E-state index in [1.165, 1.54) is 6.20 Å². The molecule has 1 aromatic heterocycles. The van der Waals surface area contributed by atoms with Gasteiger partial charge in [-0.1, -0.05) is 66.7 Å². The smallest absolute Gasteiger partial charge is 0.275 e. The molecule has 3 aliphatic heterocycles. The summed E-state index contributed by atoms with van der Waals surface area (Å²) in [6, 6.07) is 32.9. The molecular weight excluding hydrogens is 644 g/mol. The number of aliphatic hydroxyl groups is 1. The average molecular weight is 685 g/mol. The van der Waals surface area contributed by atoms with Crippen LogP contribution >= 0.6 is 0 Å². The molecule has 11 nitrogen and oxygen atoms in total. The van der Waals surface area contributed by atoms with Gasteiger partial charge in [-0.25, -0.2) is 4.98 Å². The number of benzene rings is 4. The number of aromatic nitrogens is 2. The molecule has 4 aromatic carbocycles. The number of nitrogens with one attached hydrogen (secondary N) is 2. The SMILES string of the molecule is O=C(Nc1ccc([C@@H]2O[C@H](CN3CCC4(CC3)C(=O)NCN4c3ccccc3)C[C@H](c3ccc(CO)cc3)O2)cc1)c1cnc2ccccc2n1. The molecule has 3 saturated heterocycles. The molecule has 0 unspecified atom stereocenters. The van der Waals surface area contributed by atoms with Crippen molar-refractivity contribution in [3.8, 4) is 0 Å². The van der Waals surface area contributed by atoms with Gasteiger partial charge in [-0.15, -0.1) is 0 Å². The minimum Gasteiger partial charge on any atom is -0.392 e. The first-order valence-corrected chi connectivity index (χ1v) is 17.4. The maximum Gasteiger partial charge on any atom is 0.275 e. The Balaban J connectivity index is 0.962. The van der Waals surface area contributed by atoms with Crippen LogP contribution in [0, 0.1) is 0 Å². The maximum absolute atomic E-state index is 13.2. The summed E-state index contributed by atoms with van der Waals surface area (Å²) >= 11 is 0. The average Bonchev–Trinajstić information content (AvgIpc) is 3.50. The number of ether oxygens (including phenoxy) is 2. The van der Waals surface area contributed by atoms with Gasteiger partial charge >= 0.3 is 0 Å². The lowest BCUT2D eigenvalue weighted by Gasteiger charge is -2.45. The van der Waals surface area contributed by atoms with Gasteiger partial charge in [0, 0.05) is 43.0 Å². The van der Waals surface area contributed by atoms with Crippen molar-refractivity contribution in [3.05, 3.63) is 132 Å². The summed E-state index contributed by atoms with van der Waals surface area (Å²) in [6.45, 7) is 2.74. The first-order chi connectivity index (χ1) is 25.0. The number of hydrogen-bond acceptors (Lipinski definition) is 9. The van der Waals surface area contributed by atoms with E-state index < -0.39 is 11.8 Å². The van der Waals surface area contributed by atoms with Gasteiger partial charge in [0.2, 0.25) is 5.91 Å². The van der Waals surface area contributed by atoms with E-state index in [4.69, 9.17) is 9.47 Å². The second-order valence-corrected chi connectivity index (χ2v) is 13.4. The van der Waals surface area contributed by atoms with Gasteiger partial charge in [0.1, 0.15) is 11.2 Å². The molecule has 0 bridgehead atoms. The molecule has 11 heteroatoms. The Morgan fingerprint density at radius 3 is 2.33 bits per heavy atom. The van der Waals surface area contributed by atoms with E-state index in [2.05, 4.69) is 42.5 Å². The zero-order chi connectivity index (χ0) is 34.8. The molecular formula is C40H40N6O5. The Morgan fingerprint density at radius 2 is 1.59 bits per heavy atom. The lowest BCUT2D eigenvalue weighted by Crippen LogP contribution is -2.57. The molecule has 1 spiro atoms. The van der Waals surface area contributed by atoms with Crippen molar-refractivity contribution in [2.45, 2.75) is 49.9 Å². The number of amides is 2. The molecule has 8 rings (SSSR count). The molecule has 2 amide bonds. The number of anilines is 2. The largest absolute Gasteiger partial charge is 0.392 e. The Kier molecular flexibility index (Phi) is 9.18. The fourth-order valence-corrected chi connectivity index (χ4v) is 7.44. The van der Waals surface area contributed by atoms with E-state index in [9.17, 15) is 14.7 Å². The van der Waals surface area contributed by atoms with E-state index in [-0.39, 0.29) is 36.3 Å². The second-order valence-electron chi connectivity index (χ2n) is 13.4. The van der Waals surface area contributed by atoms with E-state index in [1.54, 1.807) is 0 Å². The molecule has 260 valence electrons. The third kappa shape index (κ3) is 6.81. The quantitative estimate of drug-likeness (QED) is 0.198. The van der Waals surface area contributed by atoms with E-state index in [0.717, 1.165) is 53.8 Å². The van der Waals surface area contributed by atoms with Crippen molar-refractivity contribution in [2.75, 3.05) is 36.5 Å². The molecule has 5 aromatic rings. The van der Waals surface area contributed by atoms with Gasteiger partial charge in [0.15, 0.2) is 6.29 Å². The van der Waals surface area contributed by atoms with Crippen molar-refractivity contribution in [1.29, 1.82) is 0 Å². The number of carbonyl (C=O) groups is 2. The molecule has 3 fully saturated rings. The molecule has 3 atom stereocenters. The Hall–Kier alpha value is -5.20. The third-order valence-electron chi connectivity index (χ3n) is 10.3. The molecule has 51 heavy (non-hydrogen) atoms. The van der Waals surface area contributed by atoms with Crippen LogP contribution < -0.4 is 15.5 Å². The highest BCUT2D eigenvalue weighted by Crippen LogP contribution is 2.40. The summed E-state index contributed by atoms with van der Waals surface area (Å²) in [5, 5.41) is 15.6. The summed E-state index contributed by atoms with van der Waals surface area (Å²) in [5.41, 5.74) is 5.44. The highest BCUT2D eigenvalue weighted by molar-refractivity contribution is 6.03. The standard InChI is InChI=1S/C40H40N6O5/c47-25-27-10-12-28(13-11-27)36-22-32(24-45-20-18-40(19-21-45)39(49)42-26-46(40)31-6-2-1-3-7-31)50-38(51-36)29-14-16-30(17-15-29)43-37(48)35-23-41-33-8-4-5-9-34(33)44-35/h1-17,23,32,36,38,47H,18-22,24-26H2,(H,42,49)(H,43,48)/t32-,36+,38+/m0/s1. The lowest BCUT2D eigenvalue weighted by molar-refractivity contribution is -0.253. The summed E-state index contributed by atoms with van der Waals surface area (Å²) in [6.07, 6.45) is 2.61. The van der Waals surface area contributed by atoms with Crippen LogP contribution in [0.5, 0.6) is 0 Å². The highest BCUT2D eigenvalue weighted by Gasteiger charge is 2.50. The fourth-order valence-electron chi connectivity index (χ4n) is 7.44. The zero-order valence-electron chi connectivity index (χ0n) is 28.2. The summed E-state index contributed by atoms with van der Waals surface area (Å²) in [7, 11) is 0. The van der Waals surface area contributed by atoms with E-state index in [0.29, 0.717) is 30.8 Å². The van der Waals surface area contributed by atoms with Crippen molar-refractivity contribution < 1.29 is 24.2 Å². The van der Waals surface area contributed by atoms with Crippen LogP contribution in [-0.4, -0.2) is 69.7 Å². The normalized spacial score (nSPS) is 21.9. The topological polar surface area (TPSA) is 129 Å². The zero-order valence-corrected chi connectivity index (χ0v) is 28.2. The number of likely N-dealkylation sites (tertiary alicyclic amines) is 1. The van der Waals surface area contributed by atoms with Crippen LogP contribution in [0.2, 0.25) is 0 Å². The lowest BCUT2D eigenvalue weighted by atomic mass is 9.85. The Bertz CT molecular complexity index is 2000. The molecule has 0 aliphatic carbocycles. The summed E-state index contributed by atoms with van der Waals surface area (Å²) in [5.74, 6) is -0.243. The first-order valence-electron chi connectivity index (χ1n) is 17.4. The van der Waals surface area contributed by atoms with Crippen LogP contribution in [0.3, 0.4) is 0 Å². The van der Waals surface area contributed by atoms with Crippen LogP contribution in [-0.2, 0) is 20.9 Å². The molecule has 0 radical (unpaired) electrons. The fraction of sp³-hybridized carbons (Fsp3) is 0.300. The van der Waals surface area contributed by atoms with Gasteiger partial charge in [-0.05, 0) is 60.4 Å². The summed E-state index contributed by atoms with van der Waals surface area (Å²) < 4.78 is 13.2. The van der Waals surface area contributed by atoms with Crippen LogP contribution in [0.1, 0.15) is 58.8 Å². The number of rotatable bonds is 8. The minimum absolute atomic E-state index is 0.0212. The van der Waals surface area contributed by atoms with Crippen LogP contribution in [0.15, 0.2) is 109 Å². The van der Waals surface area contributed by atoms with Crippen molar-refractivity contribution in [2.24, 2.45) is 0 Å². The minimum atomic E-state index is -0.632. The van der Waals surface area contributed by atoms with Crippen LogP contribution in [0.25, 0.3) is 11.0 Å². The van der Waals surface area contributed by atoms with Gasteiger partial charge < -0.3 is 35.0 Å². The van der Waals surface area contributed by atoms with Crippen molar-refractivity contribution in [1.82, 2.24) is 20.2 Å².